The first-order valence-electron chi connectivity index (χ1n) is 11.8. The highest BCUT2D eigenvalue weighted by atomic mass is 32.2. The highest BCUT2D eigenvalue weighted by molar-refractivity contribution is 7.91. The van der Waals surface area contributed by atoms with E-state index in [9.17, 15) is 13.2 Å². The van der Waals surface area contributed by atoms with Crippen molar-refractivity contribution in [1.29, 1.82) is 0 Å². The third kappa shape index (κ3) is 4.57. The van der Waals surface area contributed by atoms with Crippen LogP contribution in [0.15, 0.2) is 73.6 Å². The molecule has 0 saturated heterocycles. The molecule has 7 nitrogen and oxygen atoms in total. The van der Waals surface area contributed by atoms with Crippen molar-refractivity contribution in [3.8, 4) is 28.4 Å². The van der Waals surface area contributed by atoms with Crippen LogP contribution in [0.4, 0.5) is 0 Å². The molecule has 4 aromatic rings. The number of ether oxygens (including phenoxy) is 3. The van der Waals surface area contributed by atoms with E-state index in [-0.39, 0.29) is 32.3 Å². The second-order valence-corrected chi connectivity index (χ2v) is 11.0. The first-order chi connectivity index (χ1) is 17.6. The van der Waals surface area contributed by atoms with Crippen LogP contribution in [0, 0.1) is 12.8 Å². The van der Waals surface area contributed by atoms with Crippen molar-refractivity contribution in [2.75, 3.05) is 21.3 Å². The first-order valence-corrected chi connectivity index (χ1v) is 13.3. The monoisotopic (exact) mass is 522 g/mol. The number of rotatable bonds is 8. The molecule has 0 spiro atoms. The largest absolute Gasteiger partial charge is 0.492 e. The van der Waals surface area contributed by atoms with Gasteiger partial charge in [-0.25, -0.2) is 8.42 Å². The number of aryl methyl sites for hydroxylation is 1. The number of fused-ring (bicyclic) bond motifs is 1. The standard InChI is InChI=1S/C29H30O7S/c1-17(2)16-22-26-24(28(34-5)29(35-6)27(22)33-4)25(30)23(18(3)36-26)19-12-14-21(15-13-19)37(31,32)20-10-8-7-9-11-20/h7-15,17H,16H2,1-6H3. The molecule has 0 radical (unpaired) electrons. The van der Waals surface area contributed by atoms with Gasteiger partial charge in [0.2, 0.25) is 21.0 Å². The maximum absolute atomic E-state index is 14.0. The summed E-state index contributed by atoms with van der Waals surface area (Å²) in [6.45, 7) is 5.84. The fraction of sp³-hybridized carbons (Fsp3) is 0.276. The summed E-state index contributed by atoms with van der Waals surface area (Å²) in [5.74, 6) is 1.65. The van der Waals surface area contributed by atoms with E-state index in [1.54, 1.807) is 49.4 Å². The molecule has 0 saturated carbocycles. The van der Waals surface area contributed by atoms with Gasteiger partial charge in [0.1, 0.15) is 16.7 Å². The Morgan fingerprint density at radius 3 is 1.92 bits per heavy atom. The van der Waals surface area contributed by atoms with Crippen molar-refractivity contribution in [3.63, 3.8) is 0 Å². The van der Waals surface area contributed by atoms with E-state index < -0.39 is 9.84 Å². The first kappa shape index (κ1) is 26.3. The highest BCUT2D eigenvalue weighted by Gasteiger charge is 2.28. The molecule has 0 aliphatic heterocycles. The molecule has 37 heavy (non-hydrogen) atoms. The Balaban J connectivity index is 1.96. The third-order valence-electron chi connectivity index (χ3n) is 6.21. The quantitative estimate of drug-likeness (QED) is 0.288. The van der Waals surface area contributed by atoms with Gasteiger partial charge in [0.15, 0.2) is 11.5 Å². The second kappa shape index (κ2) is 10.3. The van der Waals surface area contributed by atoms with E-state index in [0.717, 1.165) is 5.56 Å². The lowest BCUT2D eigenvalue weighted by Gasteiger charge is -2.20. The second-order valence-electron chi connectivity index (χ2n) is 9.08. The summed E-state index contributed by atoms with van der Waals surface area (Å²) < 4.78 is 49.2. The highest BCUT2D eigenvalue weighted by Crippen LogP contribution is 2.47. The zero-order valence-electron chi connectivity index (χ0n) is 21.7. The minimum atomic E-state index is -3.69. The minimum absolute atomic E-state index is 0.133. The van der Waals surface area contributed by atoms with E-state index in [0.29, 0.717) is 40.4 Å². The molecule has 1 aromatic heterocycles. The van der Waals surface area contributed by atoms with Gasteiger partial charge < -0.3 is 18.6 Å². The van der Waals surface area contributed by atoms with Crippen molar-refractivity contribution in [1.82, 2.24) is 0 Å². The van der Waals surface area contributed by atoms with Crippen LogP contribution in [0.5, 0.6) is 17.2 Å². The smallest absolute Gasteiger partial charge is 0.206 e. The lowest BCUT2D eigenvalue weighted by molar-refractivity contribution is 0.323. The summed E-state index contributed by atoms with van der Waals surface area (Å²) in [6, 6.07) is 14.4. The van der Waals surface area contributed by atoms with E-state index in [1.807, 2.05) is 0 Å². The lowest BCUT2D eigenvalue weighted by Crippen LogP contribution is -2.13. The fourth-order valence-corrected chi connectivity index (χ4v) is 5.86. The zero-order chi connectivity index (χ0) is 26.9. The summed E-state index contributed by atoms with van der Waals surface area (Å²) >= 11 is 0. The van der Waals surface area contributed by atoms with Gasteiger partial charge in [-0.2, -0.15) is 0 Å². The van der Waals surface area contributed by atoms with Crippen molar-refractivity contribution in [3.05, 3.63) is 76.1 Å². The molecular formula is C29H30O7S. The summed E-state index contributed by atoms with van der Waals surface area (Å²) in [4.78, 5) is 14.3. The average molecular weight is 523 g/mol. The molecule has 0 fully saturated rings. The van der Waals surface area contributed by atoms with Crippen LogP contribution in [0.3, 0.4) is 0 Å². The molecule has 0 aliphatic carbocycles. The summed E-state index contributed by atoms with van der Waals surface area (Å²) in [5, 5.41) is 0.248. The van der Waals surface area contributed by atoms with E-state index >= 15 is 0 Å². The zero-order valence-corrected chi connectivity index (χ0v) is 22.6. The summed E-state index contributed by atoms with van der Waals surface area (Å²) in [5.41, 5.74) is 1.65. The maximum atomic E-state index is 14.0. The molecule has 0 bridgehead atoms. The van der Waals surface area contributed by atoms with E-state index in [2.05, 4.69) is 13.8 Å². The van der Waals surface area contributed by atoms with Gasteiger partial charge >= 0.3 is 0 Å². The molecule has 0 unspecified atom stereocenters. The van der Waals surface area contributed by atoms with E-state index in [1.165, 1.54) is 33.5 Å². The summed E-state index contributed by atoms with van der Waals surface area (Å²) in [6.07, 6.45) is 0.591. The maximum Gasteiger partial charge on any atom is 0.206 e. The molecule has 8 heteroatoms. The minimum Gasteiger partial charge on any atom is -0.492 e. The van der Waals surface area contributed by atoms with Crippen molar-refractivity contribution >= 4 is 20.8 Å². The SMILES string of the molecule is COc1c(OC)c(OC)c2c(=O)c(-c3ccc(S(=O)(=O)c4ccccc4)cc3)c(C)oc2c1CC(C)C. The number of sulfone groups is 1. The number of hydrogen-bond acceptors (Lipinski definition) is 7. The molecule has 4 rings (SSSR count). The van der Waals surface area contributed by atoms with Gasteiger partial charge in [-0.1, -0.05) is 44.2 Å². The number of benzene rings is 3. The Labute approximate surface area is 216 Å². The summed E-state index contributed by atoms with van der Waals surface area (Å²) in [7, 11) is 0.803. The Morgan fingerprint density at radius 2 is 1.38 bits per heavy atom. The molecule has 0 amide bonds. The third-order valence-corrected chi connectivity index (χ3v) is 7.99. The number of methoxy groups -OCH3 is 3. The van der Waals surface area contributed by atoms with Gasteiger partial charge in [0, 0.05) is 5.56 Å². The van der Waals surface area contributed by atoms with Gasteiger partial charge in [0.25, 0.3) is 0 Å². The van der Waals surface area contributed by atoms with Crippen LogP contribution in [-0.2, 0) is 16.3 Å². The fourth-order valence-electron chi connectivity index (χ4n) is 4.58. The Kier molecular flexibility index (Phi) is 7.32. The van der Waals surface area contributed by atoms with Crippen LogP contribution in [0.25, 0.3) is 22.1 Å². The predicted octanol–water partition coefficient (Wildman–Crippen LogP) is 5.83. The van der Waals surface area contributed by atoms with Crippen LogP contribution in [0.1, 0.15) is 25.2 Å². The van der Waals surface area contributed by atoms with Crippen LogP contribution in [0.2, 0.25) is 0 Å². The molecule has 0 N–H and O–H groups in total. The molecule has 0 atom stereocenters. The molecule has 1 heterocycles. The Bertz CT molecular complexity index is 1600. The van der Waals surface area contributed by atoms with Gasteiger partial charge in [-0.3, -0.25) is 4.79 Å². The molecule has 3 aromatic carbocycles. The van der Waals surface area contributed by atoms with Gasteiger partial charge in [-0.15, -0.1) is 0 Å². The van der Waals surface area contributed by atoms with E-state index in [4.69, 9.17) is 18.6 Å². The molecule has 194 valence electrons. The topological polar surface area (TPSA) is 92.0 Å². The normalized spacial score (nSPS) is 11.6. The predicted molar refractivity (Wildman–Crippen MR) is 143 cm³/mol. The van der Waals surface area contributed by atoms with Crippen molar-refractivity contribution in [2.45, 2.75) is 37.0 Å². The Morgan fingerprint density at radius 1 is 0.811 bits per heavy atom. The van der Waals surface area contributed by atoms with Crippen LogP contribution >= 0.6 is 0 Å². The van der Waals surface area contributed by atoms with Gasteiger partial charge in [0.05, 0.1) is 36.7 Å². The van der Waals surface area contributed by atoms with Gasteiger partial charge in [-0.05, 0) is 49.1 Å². The molecule has 0 aliphatic rings. The van der Waals surface area contributed by atoms with Crippen molar-refractivity contribution < 1.29 is 27.0 Å². The lowest BCUT2D eigenvalue weighted by atomic mass is 9.96. The van der Waals surface area contributed by atoms with Crippen LogP contribution < -0.4 is 19.6 Å². The van der Waals surface area contributed by atoms with Crippen molar-refractivity contribution in [2.24, 2.45) is 5.92 Å². The van der Waals surface area contributed by atoms with Crippen LogP contribution in [-0.4, -0.2) is 29.7 Å². The Hall–Kier alpha value is -3.78. The molecular weight excluding hydrogens is 492 g/mol. The number of hydrogen-bond donors (Lipinski definition) is 0. The average Bonchev–Trinajstić information content (AvgIpc) is 2.89.